The summed E-state index contributed by atoms with van der Waals surface area (Å²) < 4.78 is 0. The Morgan fingerprint density at radius 1 is 1.73 bits per heavy atom. The number of aliphatic hydroxyl groups excluding tert-OH is 1. The van der Waals surface area contributed by atoms with Crippen LogP contribution in [0.3, 0.4) is 0 Å². The SMILES string of the molecule is N#Cc1ccc([C@H](N)CO)[nH]1. The van der Waals surface area contributed by atoms with E-state index in [0.29, 0.717) is 11.4 Å². The van der Waals surface area contributed by atoms with Crippen molar-refractivity contribution in [3.63, 3.8) is 0 Å². The summed E-state index contributed by atoms with van der Waals surface area (Å²) in [7, 11) is 0. The lowest BCUT2D eigenvalue weighted by molar-refractivity contribution is 0.266. The van der Waals surface area contributed by atoms with Gasteiger partial charge in [0.1, 0.15) is 11.8 Å². The van der Waals surface area contributed by atoms with Gasteiger partial charge in [0, 0.05) is 5.69 Å². The molecule has 1 rings (SSSR count). The van der Waals surface area contributed by atoms with Crippen LogP contribution in [-0.4, -0.2) is 16.7 Å². The molecule has 4 nitrogen and oxygen atoms in total. The number of aromatic nitrogens is 1. The van der Waals surface area contributed by atoms with Crippen LogP contribution in [-0.2, 0) is 0 Å². The number of nitriles is 1. The van der Waals surface area contributed by atoms with Gasteiger partial charge in [0.05, 0.1) is 12.6 Å². The Balaban J connectivity index is 2.82. The van der Waals surface area contributed by atoms with E-state index in [0.717, 1.165) is 0 Å². The first kappa shape index (κ1) is 7.79. The Hall–Kier alpha value is -1.31. The minimum Gasteiger partial charge on any atom is -0.394 e. The van der Waals surface area contributed by atoms with Gasteiger partial charge in [0.2, 0.25) is 0 Å². The van der Waals surface area contributed by atoms with Crippen molar-refractivity contribution in [3.05, 3.63) is 23.5 Å². The third-order valence-electron chi connectivity index (χ3n) is 1.43. The fourth-order valence-electron chi connectivity index (χ4n) is 0.792. The third kappa shape index (κ3) is 1.58. The Morgan fingerprint density at radius 2 is 2.45 bits per heavy atom. The van der Waals surface area contributed by atoms with Gasteiger partial charge in [-0.25, -0.2) is 0 Å². The van der Waals surface area contributed by atoms with Crippen molar-refractivity contribution >= 4 is 0 Å². The highest BCUT2D eigenvalue weighted by Crippen LogP contribution is 2.07. The first-order chi connectivity index (χ1) is 5.27. The average Bonchev–Trinajstić information content (AvgIpc) is 2.50. The molecular formula is C7H9N3O. The van der Waals surface area contributed by atoms with E-state index >= 15 is 0 Å². The van der Waals surface area contributed by atoms with Crippen LogP contribution in [0.1, 0.15) is 17.4 Å². The number of aliphatic hydroxyl groups is 1. The number of rotatable bonds is 2. The van der Waals surface area contributed by atoms with Gasteiger partial charge in [-0.15, -0.1) is 0 Å². The standard InChI is InChI=1S/C7H9N3O/c8-3-5-1-2-7(10-5)6(9)4-11/h1-2,6,10-11H,4,9H2/t6-/m1/s1. The molecule has 0 fully saturated rings. The van der Waals surface area contributed by atoms with Crippen molar-refractivity contribution < 1.29 is 5.11 Å². The molecule has 4 N–H and O–H groups in total. The van der Waals surface area contributed by atoms with E-state index in [1.807, 2.05) is 6.07 Å². The molecule has 1 aromatic heterocycles. The van der Waals surface area contributed by atoms with Gasteiger partial charge in [-0.3, -0.25) is 0 Å². The predicted octanol–water partition coefficient (Wildman–Crippen LogP) is -0.122. The molecule has 1 atom stereocenters. The largest absolute Gasteiger partial charge is 0.394 e. The molecule has 0 aliphatic heterocycles. The van der Waals surface area contributed by atoms with Crippen LogP contribution in [0.25, 0.3) is 0 Å². The van der Waals surface area contributed by atoms with Crippen molar-refractivity contribution in [2.24, 2.45) is 5.73 Å². The molecule has 11 heavy (non-hydrogen) atoms. The smallest absolute Gasteiger partial charge is 0.117 e. The maximum absolute atomic E-state index is 8.64. The first-order valence-corrected chi connectivity index (χ1v) is 3.23. The third-order valence-corrected chi connectivity index (χ3v) is 1.43. The Kier molecular flexibility index (Phi) is 2.26. The highest BCUT2D eigenvalue weighted by atomic mass is 16.3. The second-order valence-corrected chi connectivity index (χ2v) is 2.23. The minimum atomic E-state index is -0.419. The van der Waals surface area contributed by atoms with Crippen LogP contribution >= 0.6 is 0 Å². The molecule has 58 valence electrons. The zero-order chi connectivity index (χ0) is 8.27. The van der Waals surface area contributed by atoms with Gasteiger partial charge < -0.3 is 15.8 Å². The van der Waals surface area contributed by atoms with Gasteiger partial charge in [0.15, 0.2) is 0 Å². The predicted molar refractivity (Wildman–Crippen MR) is 39.5 cm³/mol. The molecule has 1 heterocycles. The number of aromatic amines is 1. The van der Waals surface area contributed by atoms with Crippen LogP contribution in [0.15, 0.2) is 12.1 Å². The zero-order valence-electron chi connectivity index (χ0n) is 5.91. The summed E-state index contributed by atoms with van der Waals surface area (Å²) >= 11 is 0. The molecule has 0 spiro atoms. The summed E-state index contributed by atoms with van der Waals surface area (Å²) in [5.41, 5.74) is 6.62. The Labute approximate surface area is 64.3 Å². The monoisotopic (exact) mass is 151 g/mol. The van der Waals surface area contributed by atoms with Crippen LogP contribution in [0.4, 0.5) is 0 Å². The number of H-pyrrole nitrogens is 1. The summed E-state index contributed by atoms with van der Waals surface area (Å²) in [5.74, 6) is 0. The summed E-state index contributed by atoms with van der Waals surface area (Å²) in [4.78, 5) is 2.77. The summed E-state index contributed by atoms with van der Waals surface area (Å²) in [6.45, 7) is -0.120. The van der Waals surface area contributed by atoms with E-state index in [1.54, 1.807) is 12.1 Å². The van der Waals surface area contributed by atoms with Crippen molar-refractivity contribution in [3.8, 4) is 6.07 Å². The summed E-state index contributed by atoms with van der Waals surface area (Å²) in [5, 5.41) is 17.1. The van der Waals surface area contributed by atoms with E-state index in [2.05, 4.69) is 4.98 Å². The number of hydrogen-bond acceptors (Lipinski definition) is 3. The molecule has 0 aromatic carbocycles. The maximum atomic E-state index is 8.64. The normalized spacial score (nSPS) is 12.5. The van der Waals surface area contributed by atoms with Crippen LogP contribution < -0.4 is 5.73 Å². The molecule has 1 aromatic rings. The number of nitrogens with two attached hydrogens (primary N) is 1. The van der Waals surface area contributed by atoms with Gasteiger partial charge >= 0.3 is 0 Å². The molecule has 0 unspecified atom stereocenters. The number of nitrogens with one attached hydrogen (secondary N) is 1. The maximum Gasteiger partial charge on any atom is 0.117 e. The topological polar surface area (TPSA) is 85.8 Å². The lowest BCUT2D eigenvalue weighted by Crippen LogP contribution is -2.14. The van der Waals surface area contributed by atoms with E-state index in [9.17, 15) is 0 Å². The Bertz CT molecular complexity index is 273. The fraction of sp³-hybridized carbons (Fsp3) is 0.286. The fourth-order valence-corrected chi connectivity index (χ4v) is 0.792. The highest BCUT2D eigenvalue weighted by Gasteiger charge is 2.05. The van der Waals surface area contributed by atoms with Crippen LogP contribution in [0.5, 0.6) is 0 Å². The average molecular weight is 151 g/mol. The number of nitrogens with zero attached hydrogens (tertiary/aromatic N) is 1. The molecule has 0 saturated carbocycles. The van der Waals surface area contributed by atoms with Crippen molar-refractivity contribution in [1.82, 2.24) is 4.98 Å². The molecule has 4 heteroatoms. The molecule has 0 bridgehead atoms. The van der Waals surface area contributed by atoms with Crippen LogP contribution in [0, 0.1) is 11.3 Å². The van der Waals surface area contributed by atoms with Crippen LogP contribution in [0.2, 0.25) is 0 Å². The second-order valence-electron chi connectivity index (χ2n) is 2.23. The van der Waals surface area contributed by atoms with Crippen molar-refractivity contribution in [2.75, 3.05) is 6.61 Å². The molecule has 0 saturated heterocycles. The molecule has 0 aliphatic carbocycles. The van der Waals surface area contributed by atoms with E-state index in [1.165, 1.54) is 0 Å². The minimum absolute atomic E-state index is 0.120. The molecule has 0 aliphatic rings. The van der Waals surface area contributed by atoms with Gasteiger partial charge in [-0.1, -0.05) is 0 Å². The van der Waals surface area contributed by atoms with Gasteiger partial charge in [-0.05, 0) is 12.1 Å². The summed E-state index contributed by atoms with van der Waals surface area (Å²) in [6.07, 6.45) is 0. The van der Waals surface area contributed by atoms with E-state index in [-0.39, 0.29) is 6.61 Å². The first-order valence-electron chi connectivity index (χ1n) is 3.23. The second kappa shape index (κ2) is 3.19. The lowest BCUT2D eigenvalue weighted by atomic mass is 10.2. The quantitative estimate of drug-likeness (QED) is 0.550. The van der Waals surface area contributed by atoms with Crippen molar-refractivity contribution in [1.29, 1.82) is 5.26 Å². The van der Waals surface area contributed by atoms with Gasteiger partial charge in [-0.2, -0.15) is 5.26 Å². The summed E-state index contributed by atoms with van der Waals surface area (Å²) in [6, 6.07) is 4.84. The molecule has 0 amide bonds. The van der Waals surface area contributed by atoms with E-state index in [4.69, 9.17) is 16.1 Å². The van der Waals surface area contributed by atoms with Gasteiger partial charge in [0.25, 0.3) is 0 Å². The Morgan fingerprint density at radius 3 is 2.91 bits per heavy atom. The zero-order valence-corrected chi connectivity index (χ0v) is 5.91. The highest BCUT2D eigenvalue weighted by molar-refractivity contribution is 5.25. The van der Waals surface area contributed by atoms with E-state index < -0.39 is 6.04 Å². The number of hydrogen-bond donors (Lipinski definition) is 3. The van der Waals surface area contributed by atoms with Crippen molar-refractivity contribution in [2.45, 2.75) is 6.04 Å². The lowest BCUT2D eigenvalue weighted by Gasteiger charge is -2.03. The molecule has 0 radical (unpaired) electrons. The molecular weight excluding hydrogens is 142 g/mol.